The number of thiophene rings is 1. The molecule has 0 bridgehead atoms. The van der Waals surface area contributed by atoms with E-state index in [0.29, 0.717) is 19.6 Å². The fraction of sp³-hybridized carbons (Fsp3) is 0.368. The molecular weight excluding hydrogens is 334 g/mol. The second-order valence-electron chi connectivity index (χ2n) is 6.47. The number of aryl methyl sites for hydroxylation is 2. The number of Topliss-reactive ketones (excluding diaryl/α,β-unsaturated/α-hetero) is 1. The molecule has 0 radical (unpaired) electrons. The number of rotatable bonds is 4. The lowest BCUT2D eigenvalue weighted by Crippen LogP contribution is -2.51. The third-order valence-corrected chi connectivity index (χ3v) is 5.21. The van der Waals surface area contributed by atoms with Gasteiger partial charge in [-0.05, 0) is 48.6 Å². The predicted molar refractivity (Wildman–Crippen MR) is 102 cm³/mol. The Labute approximate surface area is 152 Å². The Hall–Kier alpha value is -2.18. The van der Waals surface area contributed by atoms with Crippen molar-refractivity contribution in [3.63, 3.8) is 0 Å². The van der Waals surface area contributed by atoms with Crippen LogP contribution in [0.1, 0.15) is 20.8 Å². The molecule has 2 heterocycles. The molecule has 0 unspecified atom stereocenters. The topological polar surface area (TPSA) is 52.7 Å². The molecule has 0 aliphatic carbocycles. The average Bonchev–Trinajstić information content (AvgIpc) is 3.09. The minimum absolute atomic E-state index is 0.0748. The van der Waals surface area contributed by atoms with Crippen molar-refractivity contribution in [3.8, 4) is 0 Å². The first kappa shape index (κ1) is 17.6. The second kappa shape index (κ2) is 7.80. The van der Waals surface area contributed by atoms with E-state index >= 15 is 0 Å². The van der Waals surface area contributed by atoms with Crippen molar-refractivity contribution in [1.29, 1.82) is 0 Å². The van der Waals surface area contributed by atoms with Crippen molar-refractivity contribution in [1.82, 2.24) is 9.80 Å². The summed E-state index contributed by atoms with van der Waals surface area (Å²) in [5, 5.41) is 4.89. The summed E-state index contributed by atoms with van der Waals surface area (Å²) in [4.78, 5) is 29.3. The standard InChI is InChI=1S/C19H23N3O2S/c1-14-10-15(2)12-16(11-14)20-19(24)22-7-5-21(6-8-22)13-17(23)18-4-3-9-25-18/h3-4,9-12H,5-8,13H2,1-2H3,(H,20,24). The smallest absolute Gasteiger partial charge is 0.321 e. The zero-order chi connectivity index (χ0) is 17.8. The monoisotopic (exact) mass is 357 g/mol. The summed E-state index contributed by atoms with van der Waals surface area (Å²) in [6, 6.07) is 9.71. The van der Waals surface area contributed by atoms with Crippen LogP contribution in [-0.2, 0) is 0 Å². The van der Waals surface area contributed by atoms with E-state index in [4.69, 9.17) is 0 Å². The number of piperazine rings is 1. The lowest BCUT2D eigenvalue weighted by Gasteiger charge is -2.34. The summed E-state index contributed by atoms with van der Waals surface area (Å²) < 4.78 is 0. The van der Waals surface area contributed by atoms with Gasteiger partial charge < -0.3 is 10.2 Å². The Morgan fingerprint density at radius 3 is 2.36 bits per heavy atom. The predicted octanol–water partition coefficient (Wildman–Crippen LogP) is 3.40. The first-order valence-corrected chi connectivity index (χ1v) is 9.32. The number of urea groups is 1. The highest BCUT2D eigenvalue weighted by Crippen LogP contribution is 2.15. The van der Waals surface area contributed by atoms with E-state index in [-0.39, 0.29) is 11.8 Å². The molecule has 25 heavy (non-hydrogen) atoms. The van der Waals surface area contributed by atoms with Crippen LogP contribution < -0.4 is 5.32 Å². The summed E-state index contributed by atoms with van der Waals surface area (Å²) in [5.41, 5.74) is 3.09. The molecule has 1 fully saturated rings. The fourth-order valence-corrected chi connectivity index (χ4v) is 3.73. The Balaban J connectivity index is 1.50. The van der Waals surface area contributed by atoms with E-state index in [1.807, 2.05) is 48.4 Å². The highest BCUT2D eigenvalue weighted by molar-refractivity contribution is 7.12. The number of nitrogens with one attached hydrogen (secondary N) is 1. The molecule has 0 atom stereocenters. The molecule has 5 nitrogen and oxygen atoms in total. The molecule has 1 N–H and O–H groups in total. The van der Waals surface area contributed by atoms with Crippen molar-refractivity contribution >= 4 is 28.8 Å². The summed E-state index contributed by atoms with van der Waals surface area (Å²) in [5.74, 6) is 0.156. The van der Waals surface area contributed by atoms with Crippen molar-refractivity contribution in [2.45, 2.75) is 13.8 Å². The number of hydrogen-bond donors (Lipinski definition) is 1. The Kier molecular flexibility index (Phi) is 5.50. The molecule has 1 saturated heterocycles. The third kappa shape index (κ3) is 4.67. The molecule has 132 valence electrons. The Bertz CT molecular complexity index is 730. The van der Waals surface area contributed by atoms with E-state index in [9.17, 15) is 9.59 Å². The normalized spacial score (nSPS) is 15.2. The Morgan fingerprint density at radius 1 is 1.08 bits per heavy atom. The minimum atomic E-state index is -0.0748. The summed E-state index contributed by atoms with van der Waals surface area (Å²) in [6.45, 7) is 7.17. The van der Waals surface area contributed by atoms with E-state index in [2.05, 4.69) is 16.3 Å². The molecule has 1 aliphatic rings. The molecule has 6 heteroatoms. The van der Waals surface area contributed by atoms with Crippen LogP contribution >= 0.6 is 11.3 Å². The molecule has 2 aromatic rings. The zero-order valence-electron chi connectivity index (χ0n) is 14.6. The third-order valence-electron chi connectivity index (χ3n) is 4.30. The molecule has 2 amide bonds. The van der Waals surface area contributed by atoms with Crippen molar-refractivity contribution in [2.75, 3.05) is 38.0 Å². The van der Waals surface area contributed by atoms with Gasteiger partial charge in [-0.3, -0.25) is 9.69 Å². The van der Waals surface area contributed by atoms with Crippen LogP contribution in [0.2, 0.25) is 0 Å². The molecule has 1 aromatic heterocycles. The maximum absolute atomic E-state index is 12.4. The van der Waals surface area contributed by atoms with E-state index in [1.165, 1.54) is 11.3 Å². The first-order valence-electron chi connectivity index (χ1n) is 8.44. The number of carbonyl (C=O) groups excluding carboxylic acids is 2. The number of ketones is 1. The number of nitrogens with zero attached hydrogens (tertiary/aromatic N) is 2. The molecule has 0 saturated carbocycles. The van der Waals surface area contributed by atoms with Crippen LogP contribution in [0, 0.1) is 13.8 Å². The van der Waals surface area contributed by atoms with Crippen molar-refractivity contribution < 1.29 is 9.59 Å². The van der Waals surface area contributed by atoms with Gasteiger partial charge in [0.05, 0.1) is 11.4 Å². The van der Waals surface area contributed by atoms with Gasteiger partial charge in [-0.1, -0.05) is 12.1 Å². The molecule has 1 aromatic carbocycles. The lowest BCUT2D eigenvalue weighted by atomic mass is 10.1. The summed E-state index contributed by atoms with van der Waals surface area (Å²) >= 11 is 1.48. The average molecular weight is 357 g/mol. The van der Waals surface area contributed by atoms with Gasteiger partial charge in [-0.15, -0.1) is 11.3 Å². The minimum Gasteiger partial charge on any atom is -0.322 e. The van der Waals surface area contributed by atoms with Gasteiger partial charge in [0.15, 0.2) is 5.78 Å². The number of amides is 2. The van der Waals surface area contributed by atoms with Crippen molar-refractivity contribution in [3.05, 3.63) is 51.7 Å². The molecule has 3 rings (SSSR count). The van der Waals surface area contributed by atoms with E-state index < -0.39 is 0 Å². The maximum Gasteiger partial charge on any atom is 0.321 e. The van der Waals surface area contributed by atoms with Gasteiger partial charge in [0.1, 0.15) is 0 Å². The van der Waals surface area contributed by atoms with Gasteiger partial charge in [-0.2, -0.15) is 0 Å². The lowest BCUT2D eigenvalue weighted by molar-refractivity contribution is 0.0887. The first-order chi connectivity index (χ1) is 12.0. The maximum atomic E-state index is 12.4. The second-order valence-corrected chi connectivity index (χ2v) is 7.42. The van der Waals surface area contributed by atoms with Gasteiger partial charge in [-0.25, -0.2) is 4.79 Å². The molecular formula is C19H23N3O2S. The van der Waals surface area contributed by atoms with Crippen LogP contribution in [0.3, 0.4) is 0 Å². The van der Waals surface area contributed by atoms with E-state index in [0.717, 1.165) is 34.8 Å². The highest BCUT2D eigenvalue weighted by atomic mass is 32.1. The zero-order valence-corrected chi connectivity index (χ0v) is 15.4. The van der Waals surface area contributed by atoms with Crippen LogP contribution in [0.4, 0.5) is 10.5 Å². The fourth-order valence-electron chi connectivity index (χ4n) is 3.08. The van der Waals surface area contributed by atoms with Gasteiger partial charge in [0.2, 0.25) is 0 Å². The number of anilines is 1. The molecule has 1 aliphatic heterocycles. The van der Waals surface area contributed by atoms with Crippen LogP contribution in [-0.4, -0.2) is 54.3 Å². The van der Waals surface area contributed by atoms with Gasteiger partial charge in [0, 0.05) is 31.9 Å². The number of carbonyl (C=O) groups is 2. The van der Waals surface area contributed by atoms with Gasteiger partial charge in [0.25, 0.3) is 0 Å². The number of hydrogen-bond acceptors (Lipinski definition) is 4. The SMILES string of the molecule is Cc1cc(C)cc(NC(=O)N2CCN(CC(=O)c3cccs3)CC2)c1. The van der Waals surface area contributed by atoms with Crippen LogP contribution in [0.5, 0.6) is 0 Å². The molecule has 0 spiro atoms. The highest BCUT2D eigenvalue weighted by Gasteiger charge is 2.23. The summed E-state index contributed by atoms with van der Waals surface area (Å²) in [6.07, 6.45) is 0. The Morgan fingerprint density at radius 2 is 1.76 bits per heavy atom. The quantitative estimate of drug-likeness (QED) is 0.854. The van der Waals surface area contributed by atoms with E-state index in [1.54, 1.807) is 0 Å². The number of benzene rings is 1. The van der Waals surface area contributed by atoms with Crippen molar-refractivity contribution in [2.24, 2.45) is 0 Å². The largest absolute Gasteiger partial charge is 0.322 e. The van der Waals surface area contributed by atoms with Crippen LogP contribution in [0.25, 0.3) is 0 Å². The van der Waals surface area contributed by atoms with Crippen LogP contribution in [0.15, 0.2) is 35.7 Å². The van der Waals surface area contributed by atoms with Gasteiger partial charge >= 0.3 is 6.03 Å². The summed E-state index contributed by atoms with van der Waals surface area (Å²) in [7, 11) is 0.